The average Bonchev–Trinajstić information content (AvgIpc) is 2.87. The van der Waals surface area contributed by atoms with Gasteiger partial charge in [0, 0.05) is 12.5 Å². The summed E-state index contributed by atoms with van der Waals surface area (Å²) in [7, 11) is 0. The second-order valence-corrected chi connectivity index (χ2v) is 5.99. The number of halogens is 3. The maximum absolute atomic E-state index is 12.9. The molecule has 0 bridgehead atoms. The van der Waals surface area contributed by atoms with Crippen LogP contribution in [0.2, 0.25) is 0 Å². The largest absolute Gasteiger partial charge is 0.440 e. The van der Waals surface area contributed by atoms with E-state index in [1.165, 1.54) is 12.5 Å². The Morgan fingerprint density at radius 1 is 1.35 bits per heavy atom. The molecule has 7 heteroatoms. The van der Waals surface area contributed by atoms with Crippen LogP contribution in [0, 0.1) is 0 Å². The van der Waals surface area contributed by atoms with Gasteiger partial charge >= 0.3 is 6.18 Å². The Bertz CT molecular complexity index is 661. The van der Waals surface area contributed by atoms with Gasteiger partial charge in [0.15, 0.2) is 11.5 Å². The van der Waals surface area contributed by atoms with Gasteiger partial charge in [0.1, 0.15) is 11.1 Å². The van der Waals surface area contributed by atoms with Gasteiger partial charge in [-0.25, -0.2) is 4.98 Å². The van der Waals surface area contributed by atoms with Gasteiger partial charge in [0.05, 0.1) is 6.10 Å². The van der Waals surface area contributed by atoms with Gasteiger partial charge in [-0.2, -0.15) is 13.2 Å². The van der Waals surface area contributed by atoms with Crippen LogP contribution in [0.25, 0.3) is 11.1 Å². The van der Waals surface area contributed by atoms with E-state index in [0.29, 0.717) is 11.5 Å². The smallest absolute Gasteiger partial charge is 0.420 e. The lowest BCUT2D eigenvalue weighted by Crippen LogP contribution is -2.15. The van der Waals surface area contributed by atoms with Crippen molar-refractivity contribution in [1.82, 2.24) is 4.98 Å². The minimum Gasteiger partial charge on any atom is -0.440 e. The maximum atomic E-state index is 12.9. The van der Waals surface area contributed by atoms with Crippen LogP contribution in [0.4, 0.5) is 13.2 Å². The van der Waals surface area contributed by atoms with Gasteiger partial charge in [-0.1, -0.05) is 13.8 Å². The van der Waals surface area contributed by atoms with Gasteiger partial charge in [0.25, 0.3) is 0 Å². The van der Waals surface area contributed by atoms with Gasteiger partial charge < -0.3 is 15.3 Å². The molecule has 0 saturated heterocycles. The molecule has 4 nitrogen and oxygen atoms in total. The summed E-state index contributed by atoms with van der Waals surface area (Å²) in [5, 5.41) is 8.45. The van der Waals surface area contributed by atoms with Gasteiger partial charge in [0.2, 0.25) is 0 Å². The van der Waals surface area contributed by atoms with E-state index in [0.717, 1.165) is 18.9 Å². The third-order valence-corrected chi connectivity index (χ3v) is 3.68. The van der Waals surface area contributed by atoms with Crippen molar-refractivity contribution in [3.05, 3.63) is 29.2 Å². The first-order chi connectivity index (χ1) is 10.7. The molecule has 0 amide bonds. The highest BCUT2D eigenvalue weighted by Crippen LogP contribution is 2.36. The minimum atomic E-state index is -4.47. The second-order valence-electron chi connectivity index (χ2n) is 5.99. The number of nitrogens with zero attached hydrogens (tertiary/aromatic N) is 1. The molecule has 1 aliphatic carbocycles. The van der Waals surface area contributed by atoms with Gasteiger partial charge in [-0.3, -0.25) is 0 Å². The number of benzene rings is 1. The maximum Gasteiger partial charge on any atom is 0.420 e. The zero-order valence-electron chi connectivity index (χ0n) is 13.2. The first-order valence-corrected chi connectivity index (χ1v) is 7.61. The quantitative estimate of drug-likeness (QED) is 0.874. The van der Waals surface area contributed by atoms with Crippen LogP contribution in [0.15, 0.2) is 16.5 Å². The fourth-order valence-corrected chi connectivity index (χ4v) is 2.07. The first kappa shape index (κ1) is 17.7. The van der Waals surface area contributed by atoms with Crippen molar-refractivity contribution in [3.63, 3.8) is 0 Å². The lowest BCUT2D eigenvalue weighted by Gasteiger charge is -2.17. The summed E-state index contributed by atoms with van der Waals surface area (Å²) in [6.45, 7) is 3.65. The zero-order valence-corrected chi connectivity index (χ0v) is 13.2. The van der Waals surface area contributed by atoms with Crippen molar-refractivity contribution in [1.29, 1.82) is 0 Å². The second kappa shape index (κ2) is 6.88. The van der Waals surface area contributed by atoms with Crippen molar-refractivity contribution in [2.45, 2.75) is 57.9 Å². The monoisotopic (exact) mass is 330 g/mol. The van der Waals surface area contributed by atoms with E-state index >= 15 is 0 Å². The summed E-state index contributed by atoms with van der Waals surface area (Å²) in [5.41, 5.74) is 4.95. The highest BCUT2D eigenvalue weighted by molar-refractivity contribution is 5.78. The first-order valence-electron chi connectivity index (χ1n) is 7.61. The van der Waals surface area contributed by atoms with E-state index in [2.05, 4.69) is 4.98 Å². The molecule has 1 aliphatic rings. The third-order valence-electron chi connectivity index (χ3n) is 3.68. The van der Waals surface area contributed by atoms with Crippen molar-refractivity contribution in [3.8, 4) is 0 Å². The number of aromatic nitrogens is 1. The number of hydrogen-bond acceptors (Lipinski definition) is 4. The summed E-state index contributed by atoms with van der Waals surface area (Å²) in [4.78, 5) is 4.07. The summed E-state index contributed by atoms with van der Waals surface area (Å²) >= 11 is 0. The van der Waals surface area contributed by atoms with Crippen molar-refractivity contribution in [2.75, 3.05) is 0 Å². The van der Waals surface area contributed by atoms with E-state index in [-0.39, 0.29) is 29.7 Å². The van der Waals surface area contributed by atoms with Crippen molar-refractivity contribution < 1.29 is 22.7 Å². The molecule has 3 rings (SSSR count). The fourth-order valence-electron chi connectivity index (χ4n) is 2.07. The van der Waals surface area contributed by atoms with E-state index in [9.17, 15) is 13.2 Å². The lowest BCUT2D eigenvalue weighted by atomic mass is 9.97. The normalized spacial score (nSPS) is 15.5. The number of aliphatic hydroxyl groups is 1. The van der Waals surface area contributed by atoms with E-state index in [1.807, 2.05) is 13.8 Å². The summed E-state index contributed by atoms with van der Waals surface area (Å²) in [5.74, 6) is 0.226. The molecule has 2 aromatic rings. The van der Waals surface area contributed by atoms with Gasteiger partial charge in [-0.05, 0) is 37.0 Å². The van der Waals surface area contributed by atoms with Crippen LogP contribution < -0.4 is 5.73 Å². The SMILES string of the molecule is CC(C)c1nc2cc(CN)cc(C(F)(F)F)c2o1.OC1CCC1. The van der Waals surface area contributed by atoms with E-state index < -0.39 is 11.7 Å². The van der Waals surface area contributed by atoms with Gasteiger partial charge in [-0.15, -0.1) is 0 Å². The molecule has 0 aliphatic heterocycles. The van der Waals surface area contributed by atoms with Crippen LogP contribution in [0.1, 0.15) is 56.0 Å². The number of fused-ring (bicyclic) bond motifs is 1. The number of alkyl halides is 3. The summed E-state index contributed by atoms with van der Waals surface area (Å²) < 4.78 is 44.0. The highest BCUT2D eigenvalue weighted by atomic mass is 19.4. The fraction of sp³-hybridized carbons (Fsp3) is 0.562. The standard InChI is InChI=1S/C12H13F3N2O.C4H8O/c1-6(2)11-17-9-4-7(5-16)3-8(10(9)18-11)12(13,14)15;5-4-2-1-3-4/h3-4,6H,5,16H2,1-2H3;4-5H,1-3H2. The molecule has 1 heterocycles. The molecule has 23 heavy (non-hydrogen) atoms. The molecule has 128 valence electrons. The molecule has 3 N–H and O–H groups in total. The molecule has 1 fully saturated rings. The van der Waals surface area contributed by atoms with Crippen LogP contribution in [-0.2, 0) is 12.7 Å². The molecule has 0 radical (unpaired) electrons. The molecule has 1 saturated carbocycles. The Hall–Kier alpha value is -1.60. The minimum absolute atomic E-state index is 0.0306. The van der Waals surface area contributed by atoms with Crippen LogP contribution in [0.3, 0.4) is 0 Å². The predicted octanol–water partition coefficient (Wildman–Crippen LogP) is 3.96. The third kappa shape index (κ3) is 4.23. The summed E-state index contributed by atoms with van der Waals surface area (Å²) in [6.07, 6.45) is -1.09. The van der Waals surface area contributed by atoms with E-state index in [1.54, 1.807) is 0 Å². The number of nitrogens with two attached hydrogens (primary N) is 1. The number of oxazole rings is 1. The Balaban J connectivity index is 0.000000326. The number of aliphatic hydroxyl groups excluding tert-OH is 1. The Morgan fingerprint density at radius 2 is 1.96 bits per heavy atom. The van der Waals surface area contributed by atoms with E-state index in [4.69, 9.17) is 15.3 Å². The Kier molecular flexibility index (Phi) is 5.31. The number of hydrogen-bond donors (Lipinski definition) is 2. The Morgan fingerprint density at radius 3 is 2.35 bits per heavy atom. The molecule has 0 atom stereocenters. The molecule has 0 unspecified atom stereocenters. The van der Waals surface area contributed by atoms with Crippen LogP contribution in [-0.4, -0.2) is 16.2 Å². The summed E-state index contributed by atoms with van der Waals surface area (Å²) in [6, 6.07) is 2.54. The average molecular weight is 330 g/mol. The Labute approximate surface area is 132 Å². The molecule has 0 spiro atoms. The predicted molar refractivity (Wildman–Crippen MR) is 80.8 cm³/mol. The van der Waals surface area contributed by atoms with Crippen LogP contribution in [0.5, 0.6) is 0 Å². The molecular weight excluding hydrogens is 309 g/mol. The van der Waals surface area contributed by atoms with Crippen molar-refractivity contribution >= 4 is 11.1 Å². The van der Waals surface area contributed by atoms with Crippen molar-refractivity contribution in [2.24, 2.45) is 5.73 Å². The molecule has 1 aromatic heterocycles. The zero-order chi connectivity index (χ0) is 17.2. The molecular formula is C16H21F3N2O2. The topological polar surface area (TPSA) is 72.3 Å². The lowest BCUT2D eigenvalue weighted by molar-refractivity contribution is -0.136. The highest BCUT2D eigenvalue weighted by Gasteiger charge is 2.35. The van der Waals surface area contributed by atoms with Crippen LogP contribution >= 0.6 is 0 Å². The molecule has 1 aromatic carbocycles. The number of rotatable bonds is 2.